The average Bonchev–Trinajstić information content (AvgIpc) is 2.81. The van der Waals surface area contributed by atoms with Gasteiger partial charge in [0.2, 0.25) is 0 Å². The van der Waals surface area contributed by atoms with Crippen LogP contribution in [0.5, 0.6) is 0 Å². The maximum Gasteiger partial charge on any atom is 0.0701 e. The van der Waals surface area contributed by atoms with Gasteiger partial charge in [-0.1, -0.05) is 19.3 Å². The van der Waals surface area contributed by atoms with Crippen LogP contribution in [0.4, 0.5) is 0 Å². The zero-order valence-corrected chi connectivity index (χ0v) is 13.2. The van der Waals surface area contributed by atoms with Gasteiger partial charge in [0.15, 0.2) is 0 Å². The quantitative estimate of drug-likeness (QED) is 0.750. The van der Waals surface area contributed by atoms with E-state index in [4.69, 9.17) is 4.74 Å². The minimum absolute atomic E-state index is 0.548. The van der Waals surface area contributed by atoms with Crippen molar-refractivity contribution in [3.05, 3.63) is 20.8 Å². The molecule has 1 heterocycles. The number of nitrogens with one attached hydrogen (secondary N) is 1. The predicted molar refractivity (Wildman–Crippen MR) is 81.2 cm³/mol. The third-order valence-corrected chi connectivity index (χ3v) is 4.91. The third-order valence-electron chi connectivity index (χ3n) is 3.35. The molecule has 1 aliphatic carbocycles. The van der Waals surface area contributed by atoms with E-state index in [0.29, 0.717) is 6.10 Å². The summed E-state index contributed by atoms with van der Waals surface area (Å²) in [6.07, 6.45) is 8.32. The van der Waals surface area contributed by atoms with E-state index in [0.717, 1.165) is 26.1 Å². The Morgan fingerprint density at radius 1 is 1.33 bits per heavy atom. The van der Waals surface area contributed by atoms with Crippen LogP contribution in [0.3, 0.4) is 0 Å². The highest BCUT2D eigenvalue weighted by molar-refractivity contribution is 9.11. The number of hydrogen-bond acceptors (Lipinski definition) is 3. The summed E-state index contributed by atoms with van der Waals surface area (Å²) in [6, 6.07) is 2.18. The fraction of sp³-hybridized carbons (Fsp3) is 0.714. The van der Waals surface area contributed by atoms with Crippen LogP contribution in [0, 0.1) is 0 Å². The van der Waals surface area contributed by atoms with Crippen molar-refractivity contribution < 1.29 is 4.74 Å². The van der Waals surface area contributed by atoms with Crippen molar-refractivity contribution in [3.63, 3.8) is 0 Å². The Hall–Kier alpha value is 0.1000. The molecule has 0 radical (unpaired) electrons. The summed E-state index contributed by atoms with van der Waals surface area (Å²) in [6.45, 7) is 2.91. The SMILES string of the molecule is Brc1cc(CNCCCOC2CCCCC2)cs1. The lowest BCUT2D eigenvalue weighted by molar-refractivity contribution is 0.0273. The first-order chi connectivity index (χ1) is 8.84. The van der Waals surface area contributed by atoms with Gasteiger partial charge < -0.3 is 10.1 Å². The zero-order chi connectivity index (χ0) is 12.6. The fourth-order valence-corrected chi connectivity index (χ4v) is 3.56. The van der Waals surface area contributed by atoms with E-state index < -0.39 is 0 Å². The minimum Gasteiger partial charge on any atom is -0.378 e. The molecule has 0 atom stereocenters. The van der Waals surface area contributed by atoms with Crippen LogP contribution in [0.2, 0.25) is 0 Å². The summed E-state index contributed by atoms with van der Waals surface area (Å²) in [7, 11) is 0. The second-order valence-corrected chi connectivity index (χ2v) is 7.21. The van der Waals surface area contributed by atoms with Gasteiger partial charge in [0, 0.05) is 13.2 Å². The number of rotatable bonds is 7. The Labute approximate surface area is 122 Å². The highest BCUT2D eigenvalue weighted by Gasteiger charge is 2.12. The van der Waals surface area contributed by atoms with Gasteiger partial charge in [0.05, 0.1) is 9.89 Å². The number of halogens is 1. The Balaban J connectivity index is 1.46. The Kier molecular flexibility index (Phi) is 6.70. The zero-order valence-electron chi connectivity index (χ0n) is 10.8. The molecule has 1 saturated carbocycles. The van der Waals surface area contributed by atoms with Crippen molar-refractivity contribution in [1.82, 2.24) is 5.32 Å². The predicted octanol–water partition coefficient (Wildman–Crippen LogP) is 4.34. The van der Waals surface area contributed by atoms with Gasteiger partial charge in [-0.05, 0) is 58.7 Å². The number of ether oxygens (including phenoxy) is 1. The lowest BCUT2D eigenvalue weighted by atomic mass is 9.98. The van der Waals surface area contributed by atoms with E-state index in [1.165, 1.54) is 41.5 Å². The van der Waals surface area contributed by atoms with Crippen LogP contribution in [-0.4, -0.2) is 19.3 Å². The van der Waals surface area contributed by atoms with Crippen LogP contribution in [0.25, 0.3) is 0 Å². The molecule has 2 nitrogen and oxygen atoms in total. The van der Waals surface area contributed by atoms with Crippen molar-refractivity contribution in [2.75, 3.05) is 13.2 Å². The molecule has 0 aliphatic heterocycles. The summed E-state index contributed by atoms with van der Waals surface area (Å²) in [5.74, 6) is 0. The van der Waals surface area contributed by atoms with Crippen LogP contribution in [0.1, 0.15) is 44.1 Å². The lowest BCUT2D eigenvalue weighted by Crippen LogP contribution is -2.20. The Bertz CT molecular complexity index is 336. The normalized spacial score (nSPS) is 17.2. The van der Waals surface area contributed by atoms with E-state index in [1.807, 2.05) is 0 Å². The van der Waals surface area contributed by atoms with Crippen LogP contribution in [-0.2, 0) is 11.3 Å². The van der Waals surface area contributed by atoms with Gasteiger partial charge in [-0.2, -0.15) is 0 Å². The van der Waals surface area contributed by atoms with E-state index in [2.05, 4.69) is 32.7 Å². The maximum atomic E-state index is 5.89. The molecule has 0 amide bonds. The third kappa shape index (κ3) is 5.39. The monoisotopic (exact) mass is 331 g/mol. The molecule has 1 aromatic heterocycles. The highest BCUT2D eigenvalue weighted by Crippen LogP contribution is 2.21. The van der Waals surface area contributed by atoms with Crippen LogP contribution in [0.15, 0.2) is 15.2 Å². The molecule has 1 fully saturated rings. The van der Waals surface area contributed by atoms with Gasteiger partial charge >= 0.3 is 0 Å². The van der Waals surface area contributed by atoms with Crippen molar-refractivity contribution in [2.45, 2.75) is 51.2 Å². The van der Waals surface area contributed by atoms with Crippen molar-refractivity contribution >= 4 is 27.3 Å². The molecule has 1 N–H and O–H groups in total. The summed E-state index contributed by atoms with van der Waals surface area (Å²) in [4.78, 5) is 0. The summed E-state index contributed by atoms with van der Waals surface area (Å²) in [5.41, 5.74) is 1.36. The molecule has 1 aliphatic rings. The number of hydrogen-bond donors (Lipinski definition) is 1. The number of thiophene rings is 1. The molecule has 0 saturated heterocycles. The lowest BCUT2D eigenvalue weighted by Gasteiger charge is -2.21. The van der Waals surface area contributed by atoms with E-state index >= 15 is 0 Å². The maximum absolute atomic E-state index is 5.89. The highest BCUT2D eigenvalue weighted by atomic mass is 79.9. The second-order valence-electron chi connectivity index (χ2n) is 4.92. The standard InChI is InChI=1S/C14H22BrNOS/c15-14-9-12(11-18-14)10-16-7-4-8-17-13-5-2-1-3-6-13/h9,11,13,16H,1-8,10H2. The summed E-state index contributed by atoms with van der Waals surface area (Å²) >= 11 is 5.22. The average molecular weight is 332 g/mol. The minimum atomic E-state index is 0.548. The molecule has 0 aromatic carbocycles. The van der Waals surface area contributed by atoms with Gasteiger partial charge in [-0.25, -0.2) is 0 Å². The summed E-state index contributed by atoms with van der Waals surface area (Å²) in [5, 5.41) is 5.65. The van der Waals surface area contributed by atoms with E-state index in [9.17, 15) is 0 Å². The smallest absolute Gasteiger partial charge is 0.0701 e. The molecule has 1 aromatic rings. The Morgan fingerprint density at radius 3 is 2.89 bits per heavy atom. The first kappa shape index (κ1) is 14.5. The first-order valence-corrected chi connectivity index (χ1v) is 8.57. The molecule has 0 bridgehead atoms. The molecular weight excluding hydrogens is 310 g/mol. The van der Waals surface area contributed by atoms with Crippen molar-refractivity contribution in [1.29, 1.82) is 0 Å². The van der Waals surface area contributed by atoms with Crippen LogP contribution < -0.4 is 5.32 Å². The van der Waals surface area contributed by atoms with E-state index in [1.54, 1.807) is 11.3 Å². The van der Waals surface area contributed by atoms with Crippen molar-refractivity contribution in [2.24, 2.45) is 0 Å². The van der Waals surface area contributed by atoms with Gasteiger partial charge in [0.1, 0.15) is 0 Å². The second kappa shape index (κ2) is 8.31. The van der Waals surface area contributed by atoms with Crippen molar-refractivity contribution in [3.8, 4) is 0 Å². The van der Waals surface area contributed by atoms with Gasteiger partial charge in [0.25, 0.3) is 0 Å². The molecule has 4 heteroatoms. The van der Waals surface area contributed by atoms with Crippen LogP contribution >= 0.6 is 27.3 Å². The molecular formula is C14H22BrNOS. The van der Waals surface area contributed by atoms with Gasteiger partial charge in [-0.15, -0.1) is 11.3 Å². The molecule has 2 rings (SSSR count). The molecule has 18 heavy (non-hydrogen) atoms. The summed E-state index contributed by atoms with van der Waals surface area (Å²) < 4.78 is 7.10. The molecule has 102 valence electrons. The molecule has 0 unspecified atom stereocenters. The van der Waals surface area contributed by atoms with Gasteiger partial charge in [-0.3, -0.25) is 0 Å². The largest absolute Gasteiger partial charge is 0.378 e. The van der Waals surface area contributed by atoms with E-state index in [-0.39, 0.29) is 0 Å². The fourth-order valence-electron chi connectivity index (χ4n) is 2.35. The Morgan fingerprint density at radius 2 is 2.17 bits per heavy atom. The molecule has 0 spiro atoms. The topological polar surface area (TPSA) is 21.3 Å². The first-order valence-electron chi connectivity index (χ1n) is 6.90.